The Labute approximate surface area is 99.2 Å². The molecule has 18 heavy (non-hydrogen) atoms. The van der Waals surface area contributed by atoms with E-state index in [2.05, 4.69) is 4.98 Å². The van der Waals surface area contributed by atoms with Crippen molar-refractivity contribution in [2.75, 3.05) is 7.11 Å². The summed E-state index contributed by atoms with van der Waals surface area (Å²) in [5, 5.41) is 19.2. The second-order valence-electron chi connectivity index (χ2n) is 3.18. The van der Waals surface area contributed by atoms with Gasteiger partial charge in [0.05, 0.1) is 7.11 Å². The van der Waals surface area contributed by atoms with Crippen molar-refractivity contribution in [3.05, 3.63) is 27.4 Å². The van der Waals surface area contributed by atoms with Crippen LogP contribution >= 0.6 is 0 Å². The molecule has 1 aromatic heterocycles. The van der Waals surface area contributed by atoms with E-state index in [0.717, 1.165) is 13.2 Å². The number of nitrogens with zero attached hydrogens (tertiary/aromatic N) is 2. The standard InChI is InChI=1S/C9H8F2N2O5/c1-18-6-2-4(8(10)11)9(13(16)17)12-5(6)3-7(14)15/h2,8H,3H2,1H3,(H,14,15). The summed E-state index contributed by atoms with van der Waals surface area (Å²) in [6.45, 7) is 0. The van der Waals surface area contributed by atoms with Gasteiger partial charge >= 0.3 is 11.8 Å². The van der Waals surface area contributed by atoms with Crippen LogP contribution in [0.25, 0.3) is 0 Å². The van der Waals surface area contributed by atoms with Crippen molar-refractivity contribution in [3.8, 4) is 5.75 Å². The molecule has 0 saturated carbocycles. The molecule has 0 fully saturated rings. The largest absolute Gasteiger partial charge is 0.492 e. The Morgan fingerprint density at radius 3 is 2.67 bits per heavy atom. The quantitative estimate of drug-likeness (QED) is 0.638. The lowest BCUT2D eigenvalue weighted by molar-refractivity contribution is -0.391. The number of methoxy groups -OCH3 is 1. The van der Waals surface area contributed by atoms with Crippen LogP contribution in [0, 0.1) is 10.1 Å². The SMILES string of the molecule is COc1cc(C(F)F)c([N+](=O)[O-])nc1CC(=O)O. The number of aromatic nitrogens is 1. The van der Waals surface area contributed by atoms with Gasteiger partial charge in [0, 0.05) is 6.07 Å². The maximum atomic E-state index is 12.6. The zero-order chi connectivity index (χ0) is 13.9. The Balaban J connectivity index is 3.41. The zero-order valence-electron chi connectivity index (χ0n) is 9.09. The number of aliphatic carboxylic acids is 1. The molecule has 1 aromatic rings. The highest BCUT2D eigenvalue weighted by Crippen LogP contribution is 2.32. The molecule has 1 rings (SSSR count). The zero-order valence-corrected chi connectivity index (χ0v) is 9.09. The van der Waals surface area contributed by atoms with Gasteiger partial charge in [0.1, 0.15) is 12.0 Å². The fraction of sp³-hybridized carbons (Fsp3) is 0.333. The summed E-state index contributed by atoms with van der Waals surface area (Å²) < 4.78 is 29.9. The van der Waals surface area contributed by atoms with E-state index in [1.807, 2.05) is 0 Å². The van der Waals surface area contributed by atoms with Crippen LogP contribution in [-0.4, -0.2) is 28.1 Å². The molecule has 0 saturated heterocycles. The van der Waals surface area contributed by atoms with Gasteiger partial charge in [0.2, 0.25) is 5.69 Å². The van der Waals surface area contributed by atoms with E-state index in [0.29, 0.717) is 0 Å². The molecule has 7 nitrogen and oxygen atoms in total. The van der Waals surface area contributed by atoms with Crippen molar-refractivity contribution in [3.63, 3.8) is 0 Å². The summed E-state index contributed by atoms with van der Waals surface area (Å²) in [4.78, 5) is 23.3. The van der Waals surface area contributed by atoms with Gasteiger partial charge in [-0.05, 0) is 9.91 Å². The lowest BCUT2D eigenvalue weighted by atomic mass is 10.2. The fourth-order valence-corrected chi connectivity index (χ4v) is 1.29. The first kappa shape index (κ1) is 13.7. The highest BCUT2D eigenvalue weighted by molar-refractivity contribution is 5.71. The second kappa shape index (κ2) is 5.34. The number of ether oxygens (including phenoxy) is 1. The van der Waals surface area contributed by atoms with Gasteiger partial charge in [0.25, 0.3) is 6.43 Å². The summed E-state index contributed by atoms with van der Waals surface area (Å²) in [5.41, 5.74) is -1.19. The number of hydrogen-bond donors (Lipinski definition) is 1. The Morgan fingerprint density at radius 1 is 1.67 bits per heavy atom. The Kier molecular flexibility index (Phi) is 4.08. The van der Waals surface area contributed by atoms with Gasteiger partial charge < -0.3 is 20.0 Å². The van der Waals surface area contributed by atoms with Crippen molar-refractivity contribution in [2.24, 2.45) is 0 Å². The smallest absolute Gasteiger partial charge is 0.372 e. The molecular formula is C9H8F2N2O5. The van der Waals surface area contributed by atoms with Crippen molar-refractivity contribution >= 4 is 11.8 Å². The van der Waals surface area contributed by atoms with Crippen LogP contribution in [0.2, 0.25) is 0 Å². The third kappa shape index (κ3) is 2.87. The molecule has 0 aromatic carbocycles. The van der Waals surface area contributed by atoms with E-state index in [-0.39, 0.29) is 11.4 Å². The van der Waals surface area contributed by atoms with Crippen molar-refractivity contribution < 1.29 is 28.3 Å². The molecule has 1 N–H and O–H groups in total. The lowest BCUT2D eigenvalue weighted by Gasteiger charge is -2.06. The summed E-state index contributed by atoms with van der Waals surface area (Å²) in [5.74, 6) is -2.60. The fourth-order valence-electron chi connectivity index (χ4n) is 1.29. The highest BCUT2D eigenvalue weighted by Gasteiger charge is 2.28. The van der Waals surface area contributed by atoms with Gasteiger partial charge in [-0.25, -0.2) is 8.78 Å². The first-order chi connectivity index (χ1) is 8.36. The summed E-state index contributed by atoms with van der Waals surface area (Å²) >= 11 is 0. The molecule has 9 heteroatoms. The average Bonchev–Trinajstić information content (AvgIpc) is 2.27. The van der Waals surface area contributed by atoms with E-state index in [4.69, 9.17) is 9.84 Å². The number of carbonyl (C=O) groups is 1. The number of halogens is 2. The number of carboxylic acid groups (broad SMARTS) is 1. The number of alkyl halides is 2. The second-order valence-corrected chi connectivity index (χ2v) is 3.18. The molecule has 0 aliphatic heterocycles. The number of hydrogen-bond acceptors (Lipinski definition) is 5. The molecule has 0 spiro atoms. The minimum atomic E-state index is -3.11. The normalized spacial score (nSPS) is 10.4. The first-order valence-corrected chi connectivity index (χ1v) is 4.59. The van der Waals surface area contributed by atoms with Gasteiger partial charge in [-0.15, -0.1) is 0 Å². The lowest BCUT2D eigenvalue weighted by Crippen LogP contribution is -2.09. The molecule has 1 heterocycles. The van der Waals surface area contributed by atoms with E-state index < -0.39 is 35.1 Å². The average molecular weight is 262 g/mol. The van der Waals surface area contributed by atoms with E-state index in [9.17, 15) is 23.7 Å². The van der Waals surface area contributed by atoms with Gasteiger partial charge in [-0.2, -0.15) is 0 Å². The summed E-state index contributed by atoms with van der Waals surface area (Å²) in [7, 11) is 1.13. The van der Waals surface area contributed by atoms with Gasteiger partial charge in [0.15, 0.2) is 5.75 Å². The summed E-state index contributed by atoms with van der Waals surface area (Å²) in [6, 6.07) is 0.730. The Bertz CT molecular complexity index is 492. The van der Waals surface area contributed by atoms with E-state index in [1.165, 1.54) is 0 Å². The molecule has 0 unspecified atom stereocenters. The third-order valence-corrected chi connectivity index (χ3v) is 2.02. The number of rotatable bonds is 5. The third-order valence-electron chi connectivity index (χ3n) is 2.02. The molecule has 0 bridgehead atoms. The Hall–Kier alpha value is -2.32. The first-order valence-electron chi connectivity index (χ1n) is 4.59. The van der Waals surface area contributed by atoms with Crippen LogP contribution in [-0.2, 0) is 11.2 Å². The minimum Gasteiger partial charge on any atom is -0.492 e. The topological polar surface area (TPSA) is 103 Å². The van der Waals surface area contributed by atoms with E-state index in [1.54, 1.807) is 0 Å². The number of carboxylic acids is 1. The molecule has 0 atom stereocenters. The molecular weight excluding hydrogens is 254 g/mol. The van der Waals surface area contributed by atoms with Crippen LogP contribution in [0.1, 0.15) is 17.7 Å². The van der Waals surface area contributed by atoms with Crippen LogP contribution in [0.3, 0.4) is 0 Å². The number of pyridine rings is 1. The van der Waals surface area contributed by atoms with Crippen LogP contribution in [0.15, 0.2) is 6.07 Å². The molecule has 98 valence electrons. The van der Waals surface area contributed by atoms with Crippen molar-refractivity contribution in [1.29, 1.82) is 0 Å². The predicted molar refractivity (Wildman–Crippen MR) is 53.7 cm³/mol. The predicted octanol–water partition coefficient (Wildman–Crippen LogP) is 1.56. The molecule has 0 aliphatic rings. The van der Waals surface area contributed by atoms with E-state index >= 15 is 0 Å². The van der Waals surface area contributed by atoms with Crippen LogP contribution in [0.5, 0.6) is 5.75 Å². The van der Waals surface area contributed by atoms with Crippen molar-refractivity contribution in [2.45, 2.75) is 12.8 Å². The Morgan fingerprint density at radius 2 is 2.28 bits per heavy atom. The van der Waals surface area contributed by atoms with Crippen LogP contribution < -0.4 is 4.74 Å². The minimum absolute atomic E-state index is 0.224. The molecule has 0 radical (unpaired) electrons. The maximum absolute atomic E-state index is 12.6. The monoisotopic (exact) mass is 262 g/mol. The highest BCUT2D eigenvalue weighted by atomic mass is 19.3. The summed E-state index contributed by atoms with van der Waals surface area (Å²) in [6.07, 6.45) is -3.77. The van der Waals surface area contributed by atoms with Crippen molar-refractivity contribution in [1.82, 2.24) is 4.98 Å². The number of nitro groups is 1. The van der Waals surface area contributed by atoms with Gasteiger partial charge in [-0.1, -0.05) is 0 Å². The molecule has 0 amide bonds. The van der Waals surface area contributed by atoms with Gasteiger partial charge in [-0.3, -0.25) is 4.79 Å². The molecule has 0 aliphatic carbocycles. The van der Waals surface area contributed by atoms with Crippen LogP contribution in [0.4, 0.5) is 14.6 Å². The maximum Gasteiger partial charge on any atom is 0.372 e.